The van der Waals surface area contributed by atoms with Crippen LogP contribution in [0.3, 0.4) is 0 Å². The Morgan fingerprint density at radius 3 is 2.53 bits per heavy atom. The van der Waals surface area contributed by atoms with Gasteiger partial charge >= 0.3 is 0 Å². The molecule has 4 heteroatoms. The third kappa shape index (κ3) is 2.80. The van der Waals surface area contributed by atoms with Crippen LogP contribution in [0.1, 0.15) is 39.5 Å². The first kappa shape index (κ1) is 14.5. The number of amides is 1. The second kappa shape index (κ2) is 6.36. The van der Waals surface area contributed by atoms with Crippen molar-refractivity contribution in [2.24, 2.45) is 5.41 Å². The molecule has 0 saturated heterocycles. The third-order valence-electron chi connectivity index (χ3n) is 4.32. The van der Waals surface area contributed by atoms with Crippen LogP contribution in [-0.4, -0.2) is 38.8 Å². The maximum atomic E-state index is 11.7. The van der Waals surface area contributed by atoms with Gasteiger partial charge in [0.2, 0.25) is 5.91 Å². The first-order valence-electron chi connectivity index (χ1n) is 6.61. The summed E-state index contributed by atoms with van der Waals surface area (Å²) < 4.78 is 5.51. The third-order valence-corrected chi connectivity index (χ3v) is 4.32. The van der Waals surface area contributed by atoms with E-state index in [1.807, 2.05) is 7.05 Å². The molecule has 0 bridgehead atoms. The molecule has 0 heterocycles. The van der Waals surface area contributed by atoms with E-state index in [0.29, 0.717) is 12.5 Å². The van der Waals surface area contributed by atoms with E-state index in [4.69, 9.17) is 4.74 Å². The van der Waals surface area contributed by atoms with Crippen LogP contribution in [0.25, 0.3) is 0 Å². The summed E-state index contributed by atoms with van der Waals surface area (Å²) in [6, 6.07) is 0.284. The molecule has 2 unspecified atom stereocenters. The number of carbonyl (C=O) groups is 1. The van der Waals surface area contributed by atoms with Crippen molar-refractivity contribution in [3.05, 3.63) is 0 Å². The molecule has 0 aromatic rings. The van der Waals surface area contributed by atoms with E-state index in [1.165, 1.54) is 0 Å². The summed E-state index contributed by atoms with van der Waals surface area (Å²) in [4.78, 5) is 11.7. The Labute approximate surface area is 104 Å². The van der Waals surface area contributed by atoms with Crippen LogP contribution in [0.5, 0.6) is 0 Å². The molecule has 1 aliphatic carbocycles. The van der Waals surface area contributed by atoms with Gasteiger partial charge in [0.25, 0.3) is 0 Å². The van der Waals surface area contributed by atoms with Gasteiger partial charge in [0, 0.05) is 31.5 Å². The predicted octanol–water partition coefficient (Wildman–Crippen LogP) is 1.31. The Balaban J connectivity index is 2.52. The summed E-state index contributed by atoms with van der Waals surface area (Å²) in [6.07, 6.45) is 3.90. The van der Waals surface area contributed by atoms with Gasteiger partial charge in [0.05, 0.1) is 6.10 Å². The van der Waals surface area contributed by atoms with Crippen LogP contribution >= 0.6 is 0 Å². The molecule has 1 rings (SSSR count). The van der Waals surface area contributed by atoms with E-state index in [-0.39, 0.29) is 17.4 Å². The van der Waals surface area contributed by atoms with Gasteiger partial charge in [-0.05, 0) is 26.3 Å². The summed E-state index contributed by atoms with van der Waals surface area (Å²) in [5, 5.41) is 6.14. The maximum absolute atomic E-state index is 11.7. The molecule has 0 aromatic heterocycles. The minimum atomic E-state index is 0.143. The Morgan fingerprint density at radius 2 is 2.06 bits per heavy atom. The fraction of sp³-hybridized carbons (Fsp3) is 0.923. The molecule has 0 spiro atoms. The van der Waals surface area contributed by atoms with Gasteiger partial charge < -0.3 is 15.4 Å². The van der Waals surface area contributed by atoms with Crippen LogP contribution in [0.15, 0.2) is 0 Å². The van der Waals surface area contributed by atoms with Gasteiger partial charge in [-0.2, -0.15) is 0 Å². The molecule has 1 aliphatic rings. The van der Waals surface area contributed by atoms with Crippen molar-refractivity contribution < 1.29 is 9.53 Å². The maximum Gasteiger partial charge on any atom is 0.221 e. The average molecular weight is 242 g/mol. The predicted molar refractivity (Wildman–Crippen MR) is 68.9 cm³/mol. The van der Waals surface area contributed by atoms with E-state index in [0.717, 1.165) is 25.8 Å². The quantitative estimate of drug-likeness (QED) is 0.707. The fourth-order valence-electron chi connectivity index (χ4n) is 2.98. The van der Waals surface area contributed by atoms with E-state index in [2.05, 4.69) is 24.5 Å². The molecular weight excluding hydrogens is 216 g/mol. The molecule has 2 N–H and O–H groups in total. The van der Waals surface area contributed by atoms with Crippen molar-refractivity contribution in [1.29, 1.82) is 0 Å². The molecule has 17 heavy (non-hydrogen) atoms. The van der Waals surface area contributed by atoms with Gasteiger partial charge in [-0.3, -0.25) is 4.79 Å². The standard InChI is InChI=1S/C13H26N2O2/c1-5-13(6-2)10(9-11(13)17-4)15-12(16)7-8-14-3/h10-11,14H,5-9H2,1-4H3,(H,15,16). The first-order chi connectivity index (χ1) is 8.14. The van der Waals surface area contributed by atoms with Crippen molar-refractivity contribution >= 4 is 5.91 Å². The van der Waals surface area contributed by atoms with Gasteiger partial charge in [-0.15, -0.1) is 0 Å². The average Bonchev–Trinajstić information content (AvgIpc) is 2.33. The number of carbonyl (C=O) groups excluding carboxylic acids is 1. The number of nitrogens with one attached hydrogen (secondary N) is 2. The highest BCUT2D eigenvalue weighted by Gasteiger charge is 2.53. The van der Waals surface area contributed by atoms with Crippen molar-refractivity contribution in [3.63, 3.8) is 0 Å². The zero-order valence-electron chi connectivity index (χ0n) is 11.5. The Morgan fingerprint density at radius 1 is 1.41 bits per heavy atom. The monoisotopic (exact) mass is 242 g/mol. The summed E-state index contributed by atoms with van der Waals surface area (Å²) in [5.41, 5.74) is 0.143. The van der Waals surface area contributed by atoms with E-state index in [9.17, 15) is 4.79 Å². The van der Waals surface area contributed by atoms with E-state index >= 15 is 0 Å². The molecule has 1 saturated carbocycles. The molecule has 1 fully saturated rings. The molecule has 0 aliphatic heterocycles. The lowest BCUT2D eigenvalue weighted by Gasteiger charge is -2.55. The minimum Gasteiger partial charge on any atom is -0.381 e. The van der Waals surface area contributed by atoms with Crippen LogP contribution in [0.2, 0.25) is 0 Å². The number of hydrogen-bond acceptors (Lipinski definition) is 3. The molecule has 100 valence electrons. The van der Waals surface area contributed by atoms with Crippen molar-refractivity contribution in [1.82, 2.24) is 10.6 Å². The summed E-state index contributed by atoms with van der Waals surface area (Å²) in [7, 11) is 3.63. The molecule has 0 radical (unpaired) electrons. The van der Waals surface area contributed by atoms with E-state index in [1.54, 1.807) is 7.11 Å². The van der Waals surface area contributed by atoms with Crippen molar-refractivity contribution in [3.8, 4) is 0 Å². The molecule has 1 amide bonds. The smallest absolute Gasteiger partial charge is 0.221 e. The summed E-state index contributed by atoms with van der Waals surface area (Å²) >= 11 is 0. The second-order valence-corrected chi connectivity index (χ2v) is 4.87. The SMILES string of the molecule is CCC1(CC)C(NC(=O)CCNC)CC1OC. The van der Waals surface area contributed by atoms with Crippen molar-refractivity contribution in [2.75, 3.05) is 20.7 Å². The molecular formula is C13H26N2O2. The molecule has 2 atom stereocenters. The Hall–Kier alpha value is -0.610. The molecule has 4 nitrogen and oxygen atoms in total. The number of rotatable bonds is 7. The fourth-order valence-corrected chi connectivity index (χ4v) is 2.98. The van der Waals surface area contributed by atoms with Crippen LogP contribution in [0, 0.1) is 5.41 Å². The normalized spacial score (nSPS) is 26.4. The number of hydrogen-bond donors (Lipinski definition) is 2. The topological polar surface area (TPSA) is 50.4 Å². The minimum absolute atomic E-state index is 0.143. The Bertz CT molecular complexity index is 252. The summed E-state index contributed by atoms with van der Waals surface area (Å²) in [5.74, 6) is 0.144. The zero-order valence-corrected chi connectivity index (χ0v) is 11.5. The Kier molecular flexibility index (Phi) is 5.40. The van der Waals surface area contributed by atoms with Crippen LogP contribution in [0.4, 0.5) is 0 Å². The zero-order chi connectivity index (χ0) is 12.9. The van der Waals surface area contributed by atoms with Gasteiger partial charge in [-0.1, -0.05) is 13.8 Å². The van der Waals surface area contributed by atoms with Crippen molar-refractivity contribution in [2.45, 2.75) is 51.7 Å². The van der Waals surface area contributed by atoms with Gasteiger partial charge in [-0.25, -0.2) is 0 Å². The van der Waals surface area contributed by atoms with Gasteiger partial charge in [0.1, 0.15) is 0 Å². The largest absolute Gasteiger partial charge is 0.381 e. The first-order valence-corrected chi connectivity index (χ1v) is 6.61. The van der Waals surface area contributed by atoms with Crippen LogP contribution < -0.4 is 10.6 Å². The lowest BCUT2D eigenvalue weighted by Crippen LogP contribution is -2.64. The number of ether oxygens (including phenoxy) is 1. The lowest BCUT2D eigenvalue weighted by atomic mass is 9.58. The second-order valence-electron chi connectivity index (χ2n) is 4.87. The lowest BCUT2D eigenvalue weighted by molar-refractivity contribution is -0.141. The van der Waals surface area contributed by atoms with Crippen LogP contribution in [-0.2, 0) is 9.53 Å². The highest BCUT2D eigenvalue weighted by molar-refractivity contribution is 5.76. The summed E-state index contributed by atoms with van der Waals surface area (Å²) in [6.45, 7) is 5.10. The highest BCUT2D eigenvalue weighted by atomic mass is 16.5. The van der Waals surface area contributed by atoms with Gasteiger partial charge in [0.15, 0.2) is 0 Å². The highest BCUT2D eigenvalue weighted by Crippen LogP contribution is 2.48. The molecule has 0 aromatic carbocycles. The number of methoxy groups -OCH3 is 1. The van der Waals surface area contributed by atoms with E-state index < -0.39 is 0 Å².